The lowest BCUT2D eigenvalue weighted by Gasteiger charge is -2.08. The van der Waals surface area contributed by atoms with Gasteiger partial charge in [0.2, 0.25) is 0 Å². The molecule has 0 atom stereocenters. The van der Waals surface area contributed by atoms with E-state index in [0.29, 0.717) is 5.56 Å². The number of esters is 1. The number of carbonyl (C=O) groups excluding carboxylic acids is 1. The zero-order chi connectivity index (χ0) is 14.5. The molecule has 0 bridgehead atoms. The van der Waals surface area contributed by atoms with Gasteiger partial charge in [-0.25, -0.2) is 4.79 Å². The van der Waals surface area contributed by atoms with Crippen LogP contribution >= 0.6 is 27.7 Å². The van der Waals surface area contributed by atoms with Crippen molar-refractivity contribution in [3.8, 4) is 0 Å². The summed E-state index contributed by atoms with van der Waals surface area (Å²) in [6, 6.07) is 13.9. The van der Waals surface area contributed by atoms with Crippen molar-refractivity contribution < 1.29 is 9.53 Å². The Morgan fingerprint density at radius 2 is 2.00 bits per heavy atom. The van der Waals surface area contributed by atoms with E-state index in [1.165, 1.54) is 17.6 Å². The van der Waals surface area contributed by atoms with Crippen molar-refractivity contribution in [1.82, 2.24) is 0 Å². The van der Waals surface area contributed by atoms with Crippen molar-refractivity contribution in [3.63, 3.8) is 0 Å². The van der Waals surface area contributed by atoms with Gasteiger partial charge in [0.1, 0.15) is 0 Å². The van der Waals surface area contributed by atoms with Crippen LogP contribution in [0.15, 0.2) is 51.8 Å². The van der Waals surface area contributed by atoms with Crippen molar-refractivity contribution in [2.45, 2.75) is 17.6 Å². The van der Waals surface area contributed by atoms with Crippen LogP contribution in [0.2, 0.25) is 0 Å². The predicted molar refractivity (Wildman–Crippen MR) is 86.2 cm³/mol. The average Bonchev–Trinajstić information content (AvgIpc) is 2.46. The van der Waals surface area contributed by atoms with Gasteiger partial charge in [0, 0.05) is 15.1 Å². The van der Waals surface area contributed by atoms with E-state index in [1.807, 2.05) is 18.2 Å². The molecular weight excluding hydrogens is 336 g/mol. The number of benzene rings is 2. The summed E-state index contributed by atoms with van der Waals surface area (Å²) in [5.74, 6) is 0.538. The molecule has 0 aliphatic heterocycles. The summed E-state index contributed by atoms with van der Waals surface area (Å²) in [6.07, 6.45) is 0. The fraction of sp³-hybridized carbons (Fsp3) is 0.188. The van der Waals surface area contributed by atoms with Crippen LogP contribution in [0.5, 0.6) is 0 Å². The van der Waals surface area contributed by atoms with Crippen LogP contribution in [0, 0.1) is 6.92 Å². The third-order valence-corrected chi connectivity index (χ3v) is 4.91. The number of carbonyl (C=O) groups is 1. The smallest absolute Gasteiger partial charge is 0.337 e. The number of methoxy groups -OCH3 is 1. The van der Waals surface area contributed by atoms with Crippen LogP contribution in [0.25, 0.3) is 0 Å². The molecule has 4 heteroatoms. The molecule has 0 N–H and O–H groups in total. The number of ether oxygens (including phenoxy) is 1. The molecule has 0 saturated carbocycles. The van der Waals surface area contributed by atoms with Crippen molar-refractivity contribution in [2.24, 2.45) is 0 Å². The molecule has 2 aromatic carbocycles. The molecule has 0 spiro atoms. The fourth-order valence-electron chi connectivity index (χ4n) is 1.78. The van der Waals surface area contributed by atoms with Gasteiger partial charge in [0.05, 0.1) is 12.7 Å². The summed E-state index contributed by atoms with van der Waals surface area (Å²) in [4.78, 5) is 12.7. The molecule has 0 aliphatic rings. The molecule has 2 aromatic rings. The summed E-state index contributed by atoms with van der Waals surface area (Å²) in [5.41, 5.74) is 3.00. The van der Waals surface area contributed by atoms with Crippen molar-refractivity contribution >= 4 is 33.7 Å². The SMILES string of the molecule is COC(=O)c1ccc(CSc2ccccc2C)c(Br)c1. The molecule has 2 rings (SSSR count). The molecule has 0 fully saturated rings. The number of hydrogen-bond donors (Lipinski definition) is 0. The van der Waals surface area contributed by atoms with Crippen LogP contribution < -0.4 is 0 Å². The highest BCUT2D eigenvalue weighted by molar-refractivity contribution is 9.10. The molecule has 0 saturated heterocycles. The van der Waals surface area contributed by atoms with E-state index < -0.39 is 0 Å². The quantitative estimate of drug-likeness (QED) is 0.583. The number of thioether (sulfide) groups is 1. The highest BCUT2D eigenvalue weighted by Gasteiger charge is 2.09. The highest BCUT2D eigenvalue weighted by Crippen LogP contribution is 2.29. The van der Waals surface area contributed by atoms with Crippen LogP contribution in [0.1, 0.15) is 21.5 Å². The zero-order valence-corrected chi connectivity index (χ0v) is 13.8. The summed E-state index contributed by atoms with van der Waals surface area (Å²) in [5, 5.41) is 0. The van der Waals surface area contributed by atoms with E-state index in [9.17, 15) is 4.79 Å². The first-order chi connectivity index (χ1) is 9.61. The molecule has 104 valence electrons. The summed E-state index contributed by atoms with van der Waals surface area (Å²) >= 11 is 5.30. The Bertz CT molecular complexity index is 626. The van der Waals surface area contributed by atoms with Gasteiger partial charge in [0.25, 0.3) is 0 Å². The van der Waals surface area contributed by atoms with Crippen LogP contribution in [0.3, 0.4) is 0 Å². The maximum Gasteiger partial charge on any atom is 0.337 e. The van der Waals surface area contributed by atoms with Gasteiger partial charge in [-0.05, 0) is 36.2 Å². The molecule has 0 amide bonds. The third kappa shape index (κ3) is 3.64. The van der Waals surface area contributed by atoms with E-state index in [0.717, 1.165) is 15.8 Å². The first kappa shape index (κ1) is 15.1. The van der Waals surface area contributed by atoms with Crippen LogP contribution in [0.4, 0.5) is 0 Å². The Balaban J connectivity index is 2.11. The monoisotopic (exact) mass is 350 g/mol. The molecule has 20 heavy (non-hydrogen) atoms. The molecular formula is C16H15BrO2S. The summed E-state index contributed by atoms with van der Waals surface area (Å²) in [6.45, 7) is 2.11. The average molecular weight is 351 g/mol. The molecule has 2 nitrogen and oxygen atoms in total. The lowest BCUT2D eigenvalue weighted by atomic mass is 10.1. The highest BCUT2D eigenvalue weighted by atomic mass is 79.9. The maximum absolute atomic E-state index is 11.5. The second-order valence-corrected chi connectivity index (χ2v) is 6.22. The van der Waals surface area contributed by atoms with Crippen molar-refractivity contribution in [1.29, 1.82) is 0 Å². The second-order valence-electron chi connectivity index (χ2n) is 4.35. The first-order valence-electron chi connectivity index (χ1n) is 6.17. The third-order valence-electron chi connectivity index (χ3n) is 2.95. The van der Waals surface area contributed by atoms with E-state index in [4.69, 9.17) is 4.74 Å². The van der Waals surface area contributed by atoms with Crippen molar-refractivity contribution in [2.75, 3.05) is 7.11 Å². The van der Waals surface area contributed by atoms with Gasteiger partial charge in [0.15, 0.2) is 0 Å². The topological polar surface area (TPSA) is 26.3 Å². The Morgan fingerprint density at radius 3 is 2.65 bits per heavy atom. The van der Waals surface area contributed by atoms with Crippen molar-refractivity contribution in [3.05, 3.63) is 63.6 Å². The Kier molecular flexibility index (Phi) is 5.26. The van der Waals surface area contributed by atoms with Gasteiger partial charge in [-0.3, -0.25) is 0 Å². The van der Waals surface area contributed by atoms with E-state index in [1.54, 1.807) is 23.9 Å². The van der Waals surface area contributed by atoms with Crippen LogP contribution in [-0.4, -0.2) is 13.1 Å². The van der Waals surface area contributed by atoms with Gasteiger partial charge in [-0.1, -0.05) is 40.2 Å². The molecule has 0 heterocycles. The summed E-state index contributed by atoms with van der Waals surface area (Å²) < 4.78 is 5.64. The number of halogens is 1. The normalized spacial score (nSPS) is 10.3. The molecule has 0 radical (unpaired) electrons. The first-order valence-corrected chi connectivity index (χ1v) is 7.95. The van der Waals surface area contributed by atoms with E-state index >= 15 is 0 Å². The Hall–Kier alpha value is -1.26. The van der Waals surface area contributed by atoms with Gasteiger partial charge in [-0.2, -0.15) is 0 Å². The minimum Gasteiger partial charge on any atom is -0.465 e. The standard InChI is InChI=1S/C16H15BrO2S/c1-11-5-3-4-6-15(11)20-10-13-8-7-12(9-14(13)17)16(18)19-2/h3-9H,10H2,1-2H3. The molecule has 0 aliphatic carbocycles. The van der Waals surface area contributed by atoms with E-state index in [-0.39, 0.29) is 5.97 Å². The molecule has 0 aromatic heterocycles. The number of hydrogen-bond acceptors (Lipinski definition) is 3. The second kappa shape index (κ2) is 6.95. The lowest BCUT2D eigenvalue weighted by Crippen LogP contribution is -2.01. The Morgan fingerprint density at radius 1 is 1.25 bits per heavy atom. The van der Waals surface area contributed by atoms with Gasteiger partial charge >= 0.3 is 5.97 Å². The summed E-state index contributed by atoms with van der Waals surface area (Å²) in [7, 11) is 1.39. The van der Waals surface area contributed by atoms with Gasteiger partial charge in [-0.15, -0.1) is 11.8 Å². The largest absolute Gasteiger partial charge is 0.465 e. The predicted octanol–water partition coefficient (Wildman–Crippen LogP) is 4.84. The minimum absolute atomic E-state index is 0.316. The zero-order valence-electron chi connectivity index (χ0n) is 11.4. The molecule has 0 unspecified atom stereocenters. The number of rotatable bonds is 4. The van der Waals surface area contributed by atoms with E-state index in [2.05, 4.69) is 35.0 Å². The fourth-order valence-corrected chi connectivity index (χ4v) is 3.52. The van der Waals surface area contributed by atoms with Gasteiger partial charge < -0.3 is 4.74 Å². The van der Waals surface area contributed by atoms with Crippen LogP contribution in [-0.2, 0) is 10.5 Å². The maximum atomic E-state index is 11.5. The minimum atomic E-state index is -0.316. The number of aryl methyl sites for hydroxylation is 1. The Labute approximate surface area is 131 Å². The lowest BCUT2D eigenvalue weighted by molar-refractivity contribution is 0.0600.